The van der Waals surface area contributed by atoms with Crippen LogP contribution in [0.2, 0.25) is 0 Å². The van der Waals surface area contributed by atoms with Crippen LogP contribution in [0.25, 0.3) is 0 Å². The van der Waals surface area contributed by atoms with E-state index in [0.717, 1.165) is 37.2 Å². The van der Waals surface area contributed by atoms with Crippen molar-refractivity contribution in [2.45, 2.75) is 38.5 Å². The molecule has 1 N–H and O–H groups in total. The van der Waals surface area contributed by atoms with E-state index in [-0.39, 0.29) is 0 Å². The summed E-state index contributed by atoms with van der Waals surface area (Å²) in [5, 5.41) is 3.47. The fourth-order valence-electron chi connectivity index (χ4n) is 2.26. The molecule has 0 aromatic carbocycles. The van der Waals surface area contributed by atoms with Crippen LogP contribution < -0.4 is 5.32 Å². The van der Waals surface area contributed by atoms with Gasteiger partial charge in [0, 0.05) is 25.0 Å². The van der Waals surface area contributed by atoms with Crippen LogP contribution in [0.15, 0.2) is 41.1 Å². The lowest BCUT2D eigenvalue weighted by molar-refractivity contribution is 0.282. The van der Waals surface area contributed by atoms with E-state index in [9.17, 15) is 0 Å². The predicted molar refractivity (Wildman–Crippen MR) is 78.0 cm³/mol. The highest BCUT2D eigenvalue weighted by atomic mass is 16.3. The summed E-state index contributed by atoms with van der Waals surface area (Å²) in [5.41, 5.74) is 1.27. The highest BCUT2D eigenvalue weighted by Crippen LogP contribution is 2.20. The molecule has 3 rings (SSSR count). The van der Waals surface area contributed by atoms with Gasteiger partial charge in [0.1, 0.15) is 11.5 Å². The Balaban J connectivity index is 1.49. The Morgan fingerprint density at radius 2 is 1.90 bits per heavy atom. The molecule has 0 aliphatic heterocycles. The molecule has 4 heteroatoms. The molecule has 1 saturated carbocycles. The predicted octanol–water partition coefficient (Wildman–Crippen LogP) is 2.56. The highest BCUT2D eigenvalue weighted by molar-refractivity contribution is 5.10. The Labute approximate surface area is 119 Å². The Kier molecular flexibility index (Phi) is 4.14. The zero-order valence-corrected chi connectivity index (χ0v) is 11.9. The van der Waals surface area contributed by atoms with E-state index in [1.165, 1.54) is 18.4 Å². The minimum Gasteiger partial charge on any atom is -0.463 e. The standard InChI is InChI=1S/C16H21N3O/c1-19(11-13-6-8-17-9-7-13)12-16-5-4-15(20-16)10-18-14-2-3-14/h4-9,14,18H,2-3,10-12H2,1H3. The van der Waals surface area contributed by atoms with Crippen molar-refractivity contribution in [1.29, 1.82) is 0 Å². The third-order valence-corrected chi connectivity index (χ3v) is 3.49. The van der Waals surface area contributed by atoms with Crippen molar-refractivity contribution < 1.29 is 4.42 Å². The summed E-state index contributed by atoms with van der Waals surface area (Å²) in [6.45, 7) is 2.57. The molecule has 0 amide bonds. The lowest BCUT2D eigenvalue weighted by Crippen LogP contribution is -2.17. The van der Waals surface area contributed by atoms with Gasteiger partial charge in [0.2, 0.25) is 0 Å². The summed E-state index contributed by atoms with van der Waals surface area (Å²) in [6, 6.07) is 8.96. The maximum atomic E-state index is 5.85. The van der Waals surface area contributed by atoms with Gasteiger partial charge in [-0.25, -0.2) is 0 Å². The third-order valence-electron chi connectivity index (χ3n) is 3.49. The van der Waals surface area contributed by atoms with Gasteiger partial charge in [-0.15, -0.1) is 0 Å². The lowest BCUT2D eigenvalue weighted by Gasteiger charge is -2.14. The summed E-state index contributed by atoms with van der Waals surface area (Å²) < 4.78 is 5.85. The van der Waals surface area contributed by atoms with Gasteiger partial charge in [-0.2, -0.15) is 0 Å². The first-order valence-corrected chi connectivity index (χ1v) is 7.18. The number of furan rings is 1. The first-order valence-electron chi connectivity index (χ1n) is 7.18. The van der Waals surface area contributed by atoms with Crippen LogP contribution in [-0.2, 0) is 19.6 Å². The Bertz CT molecular complexity index is 534. The topological polar surface area (TPSA) is 41.3 Å². The average Bonchev–Trinajstić information content (AvgIpc) is 3.18. The SMILES string of the molecule is CN(Cc1ccncc1)Cc1ccc(CNC2CC2)o1. The van der Waals surface area contributed by atoms with Crippen LogP contribution in [0.5, 0.6) is 0 Å². The molecule has 20 heavy (non-hydrogen) atoms. The molecular formula is C16H21N3O. The van der Waals surface area contributed by atoms with Crippen molar-refractivity contribution in [2.75, 3.05) is 7.05 Å². The van der Waals surface area contributed by atoms with Crippen LogP contribution in [0, 0.1) is 0 Å². The zero-order valence-electron chi connectivity index (χ0n) is 11.9. The number of hydrogen-bond acceptors (Lipinski definition) is 4. The van der Waals surface area contributed by atoms with E-state index in [1.807, 2.05) is 24.5 Å². The number of nitrogens with one attached hydrogen (secondary N) is 1. The molecule has 1 aliphatic rings. The molecule has 2 aromatic heterocycles. The highest BCUT2D eigenvalue weighted by Gasteiger charge is 2.20. The Hall–Kier alpha value is -1.65. The van der Waals surface area contributed by atoms with Crippen molar-refractivity contribution in [3.8, 4) is 0 Å². The fourth-order valence-corrected chi connectivity index (χ4v) is 2.26. The van der Waals surface area contributed by atoms with Crippen LogP contribution in [0.3, 0.4) is 0 Å². The summed E-state index contributed by atoms with van der Waals surface area (Å²) in [7, 11) is 2.10. The van der Waals surface area contributed by atoms with Crippen molar-refractivity contribution >= 4 is 0 Å². The largest absolute Gasteiger partial charge is 0.463 e. The van der Waals surface area contributed by atoms with Gasteiger partial charge in [-0.1, -0.05) is 0 Å². The number of rotatable bonds is 7. The number of aromatic nitrogens is 1. The van der Waals surface area contributed by atoms with E-state index < -0.39 is 0 Å². The first-order chi connectivity index (χ1) is 9.79. The third kappa shape index (κ3) is 3.92. The molecule has 0 atom stereocenters. The van der Waals surface area contributed by atoms with Gasteiger partial charge in [-0.05, 0) is 49.7 Å². The summed E-state index contributed by atoms with van der Waals surface area (Å²) in [5.74, 6) is 2.05. The number of nitrogens with zero attached hydrogens (tertiary/aromatic N) is 2. The van der Waals surface area contributed by atoms with Crippen LogP contribution in [-0.4, -0.2) is 23.0 Å². The van der Waals surface area contributed by atoms with Crippen molar-refractivity contribution in [3.05, 3.63) is 53.7 Å². The van der Waals surface area contributed by atoms with E-state index in [1.54, 1.807) is 0 Å². The molecule has 4 nitrogen and oxygen atoms in total. The van der Waals surface area contributed by atoms with Crippen molar-refractivity contribution in [1.82, 2.24) is 15.2 Å². The molecule has 0 saturated heterocycles. The Morgan fingerprint density at radius 1 is 1.15 bits per heavy atom. The molecule has 2 heterocycles. The minimum absolute atomic E-state index is 0.720. The van der Waals surface area contributed by atoms with Crippen LogP contribution >= 0.6 is 0 Å². The average molecular weight is 271 g/mol. The Morgan fingerprint density at radius 3 is 2.65 bits per heavy atom. The molecule has 2 aromatic rings. The molecule has 0 radical (unpaired) electrons. The maximum absolute atomic E-state index is 5.85. The lowest BCUT2D eigenvalue weighted by atomic mass is 10.2. The molecule has 0 bridgehead atoms. The first kappa shape index (κ1) is 13.3. The monoisotopic (exact) mass is 271 g/mol. The summed E-state index contributed by atoms with van der Waals surface area (Å²) in [6.07, 6.45) is 6.28. The molecule has 1 fully saturated rings. The molecule has 0 unspecified atom stereocenters. The van der Waals surface area contributed by atoms with Gasteiger partial charge >= 0.3 is 0 Å². The maximum Gasteiger partial charge on any atom is 0.118 e. The molecular weight excluding hydrogens is 250 g/mol. The van der Waals surface area contributed by atoms with Gasteiger partial charge in [0.05, 0.1) is 13.1 Å². The second-order valence-corrected chi connectivity index (χ2v) is 5.55. The minimum atomic E-state index is 0.720. The van der Waals surface area contributed by atoms with E-state index >= 15 is 0 Å². The number of hydrogen-bond donors (Lipinski definition) is 1. The van der Waals surface area contributed by atoms with Gasteiger partial charge in [0.15, 0.2) is 0 Å². The van der Waals surface area contributed by atoms with Crippen LogP contribution in [0.1, 0.15) is 29.9 Å². The van der Waals surface area contributed by atoms with E-state index in [2.05, 4.69) is 34.4 Å². The summed E-state index contributed by atoms with van der Waals surface area (Å²) >= 11 is 0. The molecule has 106 valence electrons. The molecule has 1 aliphatic carbocycles. The van der Waals surface area contributed by atoms with Gasteiger partial charge in [0.25, 0.3) is 0 Å². The second-order valence-electron chi connectivity index (χ2n) is 5.55. The zero-order chi connectivity index (χ0) is 13.8. The second kappa shape index (κ2) is 6.20. The van der Waals surface area contributed by atoms with Gasteiger partial charge in [-0.3, -0.25) is 9.88 Å². The quantitative estimate of drug-likeness (QED) is 0.840. The van der Waals surface area contributed by atoms with Crippen molar-refractivity contribution in [2.24, 2.45) is 0 Å². The molecule has 0 spiro atoms. The van der Waals surface area contributed by atoms with Crippen molar-refractivity contribution in [3.63, 3.8) is 0 Å². The van der Waals surface area contributed by atoms with Crippen LogP contribution in [0.4, 0.5) is 0 Å². The summed E-state index contributed by atoms with van der Waals surface area (Å²) in [4.78, 5) is 6.28. The van der Waals surface area contributed by atoms with Gasteiger partial charge < -0.3 is 9.73 Å². The van der Waals surface area contributed by atoms with E-state index in [0.29, 0.717) is 0 Å². The normalized spacial score (nSPS) is 14.9. The van der Waals surface area contributed by atoms with E-state index in [4.69, 9.17) is 4.42 Å². The number of pyridine rings is 1. The smallest absolute Gasteiger partial charge is 0.118 e. The fraction of sp³-hybridized carbons (Fsp3) is 0.438.